The predicted octanol–water partition coefficient (Wildman–Crippen LogP) is 8.75. The monoisotopic (exact) mass is 702 g/mol. The highest BCUT2D eigenvalue weighted by molar-refractivity contribution is 7.89. The SMILES string of the molecule is CCCN(CCC)S(=O)(=O)c1ccc(CCNCCCCCCCCCn2c(CC)c(C)c3c4c(C(F)(F)F)cc(=O)[nH]c4ccc32)cc1. The molecule has 0 unspecified atom stereocenters. The Morgan fingerprint density at radius 2 is 1.47 bits per heavy atom. The van der Waals surface area contributed by atoms with Crippen molar-refractivity contribution in [2.24, 2.45) is 0 Å². The fourth-order valence-corrected chi connectivity index (χ4v) is 8.59. The van der Waals surface area contributed by atoms with Gasteiger partial charge in [-0.2, -0.15) is 17.5 Å². The van der Waals surface area contributed by atoms with E-state index in [1.807, 2.05) is 45.9 Å². The molecule has 2 N–H and O–H groups in total. The molecule has 11 heteroatoms. The van der Waals surface area contributed by atoms with Gasteiger partial charge in [0.1, 0.15) is 0 Å². The van der Waals surface area contributed by atoms with E-state index in [9.17, 15) is 26.4 Å². The lowest BCUT2D eigenvalue weighted by Crippen LogP contribution is -2.32. The third-order valence-electron chi connectivity index (χ3n) is 9.38. The number of alkyl halides is 3. The number of nitrogens with one attached hydrogen (secondary N) is 2. The van der Waals surface area contributed by atoms with Crippen molar-refractivity contribution in [3.05, 3.63) is 75.2 Å². The minimum Gasteiger partial charge on any atom is -0.344 e. The summed E-state index contributed by atoms with van der Waals surface area (Å²) >= 11 is 0. The lowest BCUT2D eigenvalue weighted by atomic mass is 10.0. The molecule has 0 saturated carbocycles. The fourth-order valence-electron chi connectivity index (χ4n) is 6.97. The number of unbranched alkanes of at least 4 members (excludes halogenated alkanes) is 6. The first kappa shape index (κ1) is 38.6. The summed E-state index contributed by atoms with van der Waals surface area (Å²) in [5.74, 6) is 0. The molecule has 2 heterocycles. The summed E-state index contributed by atoms with van der Waals surface area (Å²) in [5.41, 5.74) is 2.38. The first-order valence-corrected chi connectivity index (χ1v) is 19.4. The first-order valence-electron chi connectivity index (χ1n) is 18.0. The number of sulfonamides is 1. The highest BCUT2D eigenvalue weighted by Crippen LogP contribution is 2.39. The molecule has 0 bridgehead atoms. The van der Waals surface area contributed by atoms with Crippen molar-refractivity contribution < 1.29 is 21.6 Å². The average Bonchev–Trinajstić information content (AvgIpc) is 3.34. The molecule has 0 spiro atoms. The van der Waals surface area contributed by atoms with Crippen LogP contribution in [0.4, 0.5) is 13.2 Å². The average molecular weight is 703 g/mol. The van der Waals surface area contributed by atoms with Gasteiger partial charge in [0, 0.05) is 53.2 Å². The van der Waals surface area contributed by atoms with E-state index in [-0.39, 0.29) is 10.9 Å². The zero-order valence-electron chi connectivity index (χ0n) is 29.5. The van der Waals surface area contributed by atoms with Crippen LogP contribution in [-0.4, -0.2) is 48.5 Å². The Morgan fingerprint density at radius 1 is 0.837 bits per heavy atom. The van der Waals surface area contributed by atoms with Crippen LogP contribution in [0.25, 0.3) is 21.8 Å². The van der Waals surface area contributed by atoms with Crippen LogP contribution in [0, 0.1) is 6.92 Å². The second kappa shape index (κ2) is 17.7. The fraction of sp³-hybridized carbons (Fsp3) is 0.553. The van der Waals surface area contributed by atoms with Crippen LogP contribution >= 0.6 is 0 Å². The van der Waals surface area contributed by atoms with Crippen LogP contribution in [0.5, 0.6) is 0 Å². The Balaban J connectivity index is 1.17. The van der Waals surface area contributed by atoms with Crippen LogP contribution in [0.15, 0.2) is 52.2 Å². The Hall–Kier alpha value is -3.15. The zero-order chi connectivity index (χ0) is 35.6. The molecule has 0 saturated heterocycles. The second-order valence-electron chi connectivity index (χ2n) is 13.0. The number of benzene rings is 2. The number of fused-ring (bicyclic) bond motifs is 3. The molecule has 0 aliphatic carbocycles. The van der Waals surface area contributed by atoms with Gasteiger partial charge in [0.05, 0.1) is 10.5 Å². The van der Waals surface area contributed by atoms with Crippen molar-refractivity contribution >= 4 is 31.8 Å². The molecule has 0 amide bonds. The first-order chi connectivity index (χ1) is 23.4. The highest BCUT2D eigenvalue weighted by atomic mass is 32.2. The van der Waals surface area contributed by atoms with E-state index in [0.717, 1.165) is 99.8 Å². The van der Waals surface area contributed by atoms with Gasteiger partial charge in [-0.25, -0.2) is 8.42 Å². The third kappa shape index (κ3) is 9.55. The molecule has 7 nitrogen and oxygen atoms in total. The Bertz CT molecular complexity index is 1820. The van der Waals surface area contributed by atoms with Crippen LogP contribution < -0.4 is 10.9 Å². The molecule has 4 rings (SSSR count). The molecule has 0 atom stereocenters. The molecule has 0 aliphatic heterocycles. The minimum atomic E-state index is -4.62. The summed E-state index contributed by atoms with van der Waals surface area (Å²) in [4.78, 5) is 14.9. The highest BCUT2D eigenvalue weighted by Gasteiger charge is 2.35. The molecule has 2 aromatic carbocycles. The summed E-state index contributed by atoms with van der Waals surface area (Å²) in [6.45, 7) is 11.5. The van der Waals surface area contributed by atoms with Gasteiger partial charge in [0.15, 0.2) is 0 Å². The topological polar surface area (TPSA) is 87.2 Å². The standard InChI is InChI=1S/C38H53F3N4O3S/c1-5-24-44(25-6-2)49(47,48)30-17-15-29(16-18-30)21-23-42-22-13-11-9-8-10-12-14-26-45-33(7-3)28(4)36-34(45)20-19-32-37(36)31(38(39,40)41)27-35(46)43-32/h15-20,27,42H,5-14,21-26H2,1-4H3,(H,43,46). The minimum absolute atomic E-state index is 0.0773. The summed E-state index contributed by atoms with van der Waals surface area (Å²) in [5, 5.41) is 4.16. The zero-order valence-corrected chi connectivity index (χ0v) is 30.3. The summed E-state index contributed by atoms with van der Waals surface area (Å²) in [6, 6.07) is 11.4. The largest absolute Gasteiger partial charge is 0.417 e. The number of nitrogens with zero attached hydrogens (tertiary/aromatic N) is 2. The molecule has 49 heavy (non-hydrogen) atoms. The van der Waals surface area contributed by atoms with Gasteiger partial charge in [-0.1, -0.05) is 65.0 Å². The van der Waals surface area contributed by atoms with Gasteiger partial charge in [0.2, 0.25) is 15.6 Å². The normalized spacial score (nSPS) is 12.6. The number of hydrogen-bond donors (Lipinski definition) is 2. The van der Waals surface area contributed by atoms with E-state index >= 15 is 0 Å². The quantitative estimate of drug-likeness (QED) is 0.0903. The smallest absolute Gasteiger partial charge is 0.344 e. The Kier molecular flexibility index (Phi) is 13.9. The predicted molar refractivity (Wildman–Crippen MR) is 194 cm³/mol. The van der Waals surface area contributed by atoms with Crippen LogP contribution in [0.2, 0.25) is 0 Å². The Labute approximate surface area is 289 Å². The van der Waals surface area contributed by atoms with Crippen molar-refractivity contribution in [3.63, 3.8) is 0 Å². The van der Waals surface area contributed by atoms with Gasteiger partial charge >= 0.3 is 6.18 Å². The van der Waals surface area contributed by atoms with Crippen LogP contribution in [0.3, 0.4) is 0 Å². The van der Waals surface area contributed by atoms with Crippen molar-refractivity contribution in [2.75, 3.05) is 26.2 Å². The lowest BCUT2D eigenvalue weighted by Gasteiger charge is -2.21. The summed E-state index contributed by atoms with van der Waals surface area (Å²) in [6.07, 6.45) is 6.25. The third-order valence-corrected chi connectivity index (χ3v) is 11.3. The van der Waals surface area contributed by atoms with Gasteiger partial charge in [-0.3, -0.25) is 4.79 Å². The summed E-state index contributed by atoms with van der Waals surface area (Å²) < 4.78 is 71.6. The van der Waals surface area contributed by atoms with Gasteiger partial charge in [0.25, 0.3) is 0 Å². The number of rotatable bonds is 20. The van der Waals surface area contributed by atoms with Crippen molar-refractivity contribution in [3.8, 4) is 0 Å². The maximum Gasteiger partial charge on any atom is 0.417 e. The molecule has 2 aromatic heterocycles. The van der Waals surface area contributed by atoms with Gasteiger partial charge in [-0.05, 0) is 93.9 Å². The lowest BCUT2D eigenvalue weighted by molar-refractivity contribution is -0.136. The number of H-pyrrole nitrogens is 1. The van der Waals surface area contributed by atoms with Gasteiger partial charge in [-0.15, -0.1) is 0 Å². The van der Waals surface area contributed by atoms with E-state index < -0.39 is 27.3 Å². The van der Waals surface area contributed by atoms with Gasteiger partial charge < -0.3 is 14.9 Å². The second-order valence-corrected chi connectivity index (χ2v) is 15.0. The number of pyridine rings is 1. The number of halogens is 3. The summed E-state index contributed by atoms with van der Waals surface area (Å²) in [7, 11) is -3.45. The molecule has 0 radical (unpaired) electrons. The van der Waals surface area contributed by atoms with E-state index in [4.69, 9.17) is 0 Å². The van der Waals surface area contributed by atoms with Crippen molar-refractivity contribution in [1.82, 2.24) is 19.2 Å². The Morgan fingerprint density at radius 3 is 2.08 bits per heavy atom. The molecule has 270 valence electrons. The van der Waals surface area contributed by atoms with E-state index in [0.29, 0.717) is 35.9 Å². The van der Waals surface area contributed by atoms with E-state index in [1.165, 1.54) is 6.42 Å². The number of aromatic nitrogens is 2. The molecule has 0 fully saturated rings. The number of hydrogen-bond acceptors (Lipinski definition) is 4. The molecule has 4 aromatic rings. The van der Waals surface area contributed by atoms with Crippen LogP contribution in [-0.2, 0) is 35.6 Å². The van der Waals surface area contributed by atoms with E-state index in [2.05, 4.69) is 14.9 Å². The molecule has 0 aliphatic rings. The van der Waals surface area contributed by atoms with Crippen molar-refractivity contribution in [2.45, 2.75) is 116 Å². The number of aromatic amines is 1. The maximum absolute atomic E-state index is 14.0. The van der Waals surface area contributed by atoms with Crippen LogP contribution in [0.1, 0.15) is 101 Å². The maximum atomic E-state index is 14.0. The van der Waals surface area contributed by atoms with Crippen molar-refractivity contribution in [1.29, 1.82) is 0 Å². The molecular weight excluding hydrogens is 650 g/mol. The van der Waals surface area contributed by atoms with E-state index in [1.54, 1.807) is 22.5 Å². The number of aryl methyl sites for hydroxylation is 2. The molecular formula is C38H53F3N4O3S.